The zero-order valence-electron chi connectivity index (χ0n) is 16.7. The van der Waals surface area contributed by atoms with Crippen LogP contribution in [0.5, 0.6) is 5.75 Å². The van der Waals surface area contributed by atoms with Crippen molar-refractivity contribution in [3.05, 3.63) is 83.9 Å². The summed E-state index contributed by atoms with van der Waals surface area (Å²) in [4.78, 5) is 28.6. The number of anilines is 2. The number of rotatable bonds is 7. The Bertz CT molecular complexity index is 1040. The molecule has 2 N–H and O–H groups in total. The van der Waals surface area contributed by atoms with E-state index in [1.165, 1.54) is 18.3 Å². The molecule has 3 rings (SSSR count). The highest BCUT2D eigenvalue weighted by Gasteiger charge is 2.13. The zero-order valence-corrected chi connectivity index (χ0v) is 16.7. The maximum atomic E-state index is 13.7. The van der Waals surface area contributed by atoms with Crippen molar-refractivity contribution in [2.75, 3.05) is 17.2 Å². The molecule has 0 aliphatic carbocycles. The number of benzene rings is 2. The molecule has 6 nitrogen and oxygen atoms in total. The minimum absolute atomic E-state index is 0.129. The van der Waals surface area contributed by atoms with Gasteiger partial charge >= 0.3 is 0 Å². The van der Waals surface area contributed by atoms with E-state index in [2.05, 4.69) is 29.5 Å². The highest BCUT2D eigenvalue weighted by atomic mass is 19.1. The third kappa shape index (κ3) is 5.64. The van der Waals surface area contributed by atoms with E-state index in [4.69, 9.17) is 4.74 Å². The van der Waals surface area contributed by atoms with Crippen molar-refractivity contribution in [3.8, 4) is 5.75 Å². The maximum Gasteiger partial charge on any atom is 0.274 e. The molecule has 1 heterocycles. The second-order valence-corrected chi connectivity index (χ2v) is 6.92. The van der Waals surface area contributed by atoms with Gasteiger partial charge in [-0.05, 0) is 53.9 Å². The highest BCUT2D eigenvalue weighted by molar-refractivity contribution is 6.06. The molecule has 0 spiro atoms. The lowest BCUT2D eigenvalue weighted by Gasteiger charge is -2.13. The third-order valence-electron chi connectivity index (χ3n) is 4.30. The molecule has 2 amide bonds. The van der Waals surface area contributed by atoms with Gasteiger partial charge < -0.3 is 15.4 Å². The van der Waals surface area contributed by atoms with Gasteiger partial charge in [-0.2, -0.15) is 0 Å². The van der Waals surface area contributed by atoms with Gasteiger partial charge in [0.25, 0.3) is 11.8 Å². The van der Waals surface area contributed by atoms with E-state index >= 15 is 0 Å². The smallest absolute Gasteiger partial charge is 0.274 e. The van der Waals surface area contributed by atoms with Crippen LogP contribution < -0.4 is 15.4 Å². The van der Waals surface area contributed by atoms with Crippen molar-refractivity contribution in [1.82, 2.24) is 4.98 Å². The van der Waals surface area contributed by atoms with E-state index in [1.807, 2.05) is 18.2 Å². The first-order valence-corrected chi connectivity index (χ1v) is 9.47. The maximum absolute atomic E-state index is 13.7. The van der Waals surface area contributed by atoms with Gasteiger partial charge in [-0.25, -0.2) is 4.39 Å². The molecule has 0 aliphatic heterocycles. The Hall–Kier alpha value is -3.74. The fourth-order valence-electron chi connectivity index (χ4n) is 2.71. The van der Waals surface area contributed by atoms with Gasteiger partial charge in [-0.3, -0.25) is 14.6 Å². The number of carbonyl (C=O) groups excluding carboxylic acids is 2. The molecule has 2 aromatic carbocycles. The summed E-state index contributed by atoms with van der Waals surface area (Å²) in [5.74, 6) is -0.603. The number of hydrogen-bond acceptors (Lipinski definition) is 4. The molecule has 30 heavy (non-hydrogen) atoms. The van der Waals surface area contributed by atoms with Gasteiger partial charge in [0.15, 0.2) is 6.61 Å². The number of nitrogens with one attached hydrogen (secondary N) is 2. The summed E-state index contributed by atoms with van der Waals surface area (Å²) in [6, 6.07) is 16.1. The van der Waals surface area contributed by atoms with E-state index in [0.717, 1.165) is 11.6 Å². The number of carbonyl (C=O) groups is 2. The molecule has 0 unspecified atom stereocenters. The van der Waals surface area contributed by atoms with E-state index in [-0.39, 0.29) is 23.7 Å². The summed E-state index contributed by atoms with van der Waals surface area (Å²) in [7, 11) is 0. The molecular weight excluding hydrogens is 385 g/mol. The van der Waals surface area contributed by atoms with Crippen LogP contribution in [0, 0.1) is 5.82 Å². The van der Waals surface area contributed by atoms with E-state index in [9.17, 15) is 14.0 Å². The fraction of sp³-hybridized carbons (Fsp3) is 0.174. The summed E-state index contributed by atoms with van der Waals surface area (Å²) in [5, 5.41) is 5.21. The number of aromatic nitrogens is 1. The van der Waals surface area contributed by atoms with Crippen molar-refractivity contribution >= 4 is 23.2 Å². The number of halogens is 1. The average molecular weight is 407 g/mol. The van der Waals surface area contributed by atoms with Crippen molar-refractivity contribution in [2.45, 2.75) is 19.8 Å². The Morgan fingerprint density at radius 3 is 2.57 bits per heavy atom. The van der Waals surface area contributed by atoms with E-state index < -0.39 is 17.6 Å². The van der Waals surface area contributed by atoms with Crippen LogP contribution in [-0.4, -0.2) is 23.4 Å². The molecule has 3 aromatic rings. The van der Waals surface area contributed by atoms with Crippen LogP contribution in [-0.2, 0) is 4.79 Å². The predicted molar refractivity (Wildman–Crippen MR) is 113 cm³/mol. The van der Waals surface area contributed by atoms with E-state index in [0.29, 0.717) is 11.7 Å². The first kappa shape index (κ1) is 21.0. The SMILES string of the molecule is CC(C)c1cccc(OCC(=O)Nc2cc(F)ccc2NC(=O)c2ccccn2)c1. The average Bonchev–Trinajstić information content (AvgIpc) is 2.75. The van der Waals surface area contributed by atoms with Crippen LogP contribution in [0.2, 0.25) is 0 Å². The molecule has 0 fully saturated rings. The van der Waals surface area contributed by atoms with Crippen LogP contribution in [0.1, 0.15) is 35.8 Å². The monoisotopic (exact) mass is 407 g/mol. The minimum atomic E-state index is -0.549. The van der Waals surface area contributed by atoms with Crippen molar-refractivity contribution in [3.63, 3.8) is 0 Å². The van der Waals surface area contributed by atoms with E-state index in [1.54, 1.807) is 24.3 Å². The predicted octanol–water partition coefficient (Wildman–Crippen LogP) is 4.61. The first-order valence-electron chi connectivity index (χ1n) is 9.47. The lowest BCUT2D eigenvalue weighted by atomic mass is 10.0. The Morgan fingerprint density at radius 1 is 1.00 bits per heavy atom. The molecule has 7 heteroatoms. The van der Waals surface area contributed by atoms with Crippen molar-refractivity contribution in [1.29, 1.82) is 0 Å². The molecular formula is C23H22FN3O3. The highest BCUT2D eigenvalue weighted by Crippen LogP contribution is 2.24. The molecule has 0 aliphatic rings. The Balaban J connectivity index is 1.67. The first-order chi connectivity index (χ1) is 14.4. The standard InChI is InChI=1S/C23H22FN3O3/c1-15(2)16-6-5-7-18(12-16)30-14-22(28)26-21-13-17(24)9-10-19(21)27-23(29)20-8-3-4-11-25-20/h3-13,15H,14H2,1-2H3,(H,26,28)(H,27,29). The van der Waals surface area contributed by atoms with Crippen LogP contribution in [0.3, 0.4) is 0 Å². The van der Waals surface area contributed by atoms with Crippen molar-refractivity contribution in [2.24, 2.45) is 0 Å². The number of hydrogen-bond donors (Lipinski definition) is 2. The number of amides is 2. The number of ether oxygens (including phenoxy) is 1. The van der Waals surface area contributed by atoms with Gasteiger partial charge in [0.1, 0.15) is 17.3 Å². The molecule has 0 saturated heterocycles. The number of pyridine rings is 1. The summed E-state index contributed by atoms with van der Waals surface area (Å²) >= 11 is 0. The zero-order chi connectivity index (χ0) is 21.5. The van der Waals surface area contributed by atoms with Gasteiger partial charge in [0.05, 0.1) is 11.4 Å². The lowest BCUT2D eigenvalue weighted by Crippen LogP contribution is -2.22. The summed E-state index contributed by atoms with van der Waals surface area (Å²) in [5.41, 5.74) is 1.68. The van der Waals surface area contributed by atoms with Crippen molar-refractivity contribution < 1.29 is 18.7 Å². The molecule has 0 bridgehead atoms. The summed E-state index contributed by atoms with van der Waals surface area (Å²) < 4.78 is 19.3. The molecule has 1 aromatic heterocycles. The normalized spacial score (nSPS) is 10.5. The largest absolute Gasteiger partial charge is 0.484 e. The molecule has 0 saturated carbocycles. The topological polar surface area (TPSA) is 80.3 Å². The van der Waals surface area contributed by atoms with Crippen LogP contribution in [0.4, 0.5) is 15.8 Å². The number of nitrogens with zero attached hydrogens (tertiary/aromatic N) is 1. The van der Waals surface area contributed by atoms with Gasteiger partial charge in [0, 0.05) is 6.20 Å². The second-order valence-electron chi connectivity index (χ2n) is 6.92. The second kappa shape index (κ2) is 9.65. The van der Waals surface area contributed by atoms with Crippen LogP contribution in [0.15, 0.2) is 66.9 Å². The molecule has 0 atom stereocenters. The third-order valence-corrected chi connectivity index (χ3v) is 4.30. The van der Waals surface area contributed by atoms with Gasteiger partial charge in [0.2, 0.25) is 0 Å². The Labute approximate surface area is 174 Å². The molecule has 154 valence electrons. The summed E-state index contributed by atoms with van der Waals surface area (Å²) in [6.45, 7) is 3.87. The van der Waals surface area contributed by atoms with Crippen LogP contribution >= 0.6 is 0 Å². The lowest BCUT2D eigenvalue weighted by molar-refractivity contribution is -0.118. The quantitative estimate of drug-likeness (QED) is 0.599. The van der Waals surface area contributed by atoms with Gasteiger partial charge in [-0.1, -0.05) is 32.0 Å². The van der Waals surface area contributed by atoms with Gasteiger partial charge in [-0.15, -0.1) is 0 Å². The molecule has 0 radical (unpaired) electrons. The Kier molecular flexibility index (Phi) is 6.75. The fourth-order valence-corrected chi connectivity index (χ4v) is 2.71. The Morgan fingerprint density at radius 2 is 1.83 bits per heavy atom. The summed E-state index contributed by atoms with van der Waals surface area (Å²) in [6.07, 6.45) is 1.49. The minimum Gasteiger partial charge on any atom is -0.484 e. The van der Waals surface area contributed by atoms with Crippen LogP contribution in [0.25, 0.3) is 0 Å².